The van der Waals surface area contributed by atoms with Crippen LogP contribution in [0.5, 0.6) is 0 Å². The summed E-state index contributed by atoms with van der Waals surface area (Å²) in [5.74, 6) is 0.233. The van der Waals surface area contributed by atoms with Gasteiger partial charge in [0.15, 0.2) is 5.82 Å². The van der Waals surface area contributed by atoms with Crippen LogP contribution < -0.4 is 10.2 Å². The van der Waals surface area contributed by atoms with Gasteiger partial charge in [0.25, 0.3) is 0 Å². The van der Waals surface area contributed by atoms with Crippen LogP contribution in [0.15, 0.2) is 59.8 Å². The van der Waals surface area contributed by atoms with Gasteiger partial charge in [0.1, 0.15) is 11.9 Å². The van der Waals surface area contributed by atoms with E-state index in [1.165, 1.54) is 12.1 Å². The summed E-state index contributed by atoms with van der Waals surface area (Å²) in [5.41, 5.74) is 3.84. The molecule has 0 bridgehead atoms. The van der Waals surface area contributed by atoms with Crippen LogP contribution in [-0.2, 0) is 9.53 Å². The molecule has 1 unspecified atom stereocenters. The van der Waals surface area contributed by atoms with Crippen molar-refractivity contribution in [3.8, 4) is 11.4 Å². The molecule has 2 aromatic carbocycles. The maximum atomic E-state index is 13.4. The first-order valence-corrected chi connectivity index (χ1v) is 11.2. The molecule has 1 aliphatic rings. The summed E-state index contributed by atoms with van der Waals surface area (Å²) in [4.78, 5) is 19.8. The molecule has 8 heteroatoms. The number of hydrogen-bond donors (Lipinski definition) is 1. The monoisotopic (exact) mass is 449 g/mol. The van der Waals surface area contributed by atoms with Crippen molar-refractivity contribution in [2.45, 2.75) is 33.7 Å². The molecule has 2 heterocycles. The number of hydrogen-bond acceptors (Lipinski definition) is 6. The number of anilines is 2. The van der Waals surface area contributed by atoms with Crippen LogP contribution in [0.25, 0.3) is 11.4 Å². The number of nitrogens with one attached hydrogen (secondary N) is 1. The molecule has 172 valence electrons. The van der Waals surface area contributed by atoms with E-state index >= 15 is 0 Å². The Bertz CT molecular complexity index is 1160. The summed E-state index contributed by atoms with van der Waals surface area (Å²) >= 11 is 0. The van der Waals surface area contributed by atoms with Gasteiger partial charge in [0.2, 0.25) is 5.95 Å². The first kappa shape index (κ1) is 22.5. The van der Waals surface area contributed by atoms with Crippen molar-refractivity contribution in [1.29, 1.82) is 0 Å². The number of halogens is 1. The fourth-order valence-corrected chi connectivity index (χ4v) is 4.11. The Morgan fingerprint density at radius 2 is 1.76 bits per heavy atom. The van der Waals surface area contributed by atoms with Gasteiger partial charge in [-0.05, 0) is 69.7 Å². The van der Waals surface area contributed by atoms with E-state index in [1.54, 1.807) is 23.7 Å². The van der Waals surface area contributed by atoms with E-state index in [-0.39, 0.29) is 12.4 Å². The van der Waals surface area contributed by atoms with Crippen LogP contribution >= 0.6 is 0 Å². The largest absolute Gasteiger partial charge is 0.463 e. The highest BCUT2D eigenvalue weighted by molar-refractivity contribution is 5.92. The number of carbonyl (C=O) groups excluding carboxylic acids is 1. The zero-order valence-corrected chi connectivity index (χ0v) is 19.3. The second-order valence-corrected chi connectivity index (χ2v) is 7.76. The SMILES string of the molecule is CCOC(=O)C1=C(C)Nc2nc(-c3ccc(F)cc3)nn2C1c1ccc(N(CC)CC)cc1. The number of benzene rings is 2. The third-order valence-corrected chi connectivity index (χ3v) is 5.79. The summed E-state index contributed by atoms with van der Waals surface area (Å²) < 4.78 is 20.5. The molecule has 33 heavy (non-hydrogen) atoms. The molecule has 0 radical (unpaired) electrons. The van der Waals surface area contributed by atoms with Gasteiger partial charge in [-0.2, -0.15) is 4.98 Å². The molecule has 0 spiro atoms. The molecule has 0 saturated heterocycles. The fourth-order valence-electron chi connectivity index (χ4n) is 4.11. The molecule has 0 saturated carbocycles. The van der Waals surface area contributed by atoms with E-state index in [0.717, 1.165) is 24.3 Å². The summed E-state index contributed by atoms with van der Waals surface area (Å²) in [6.07, 6.45) is 0. The van der Waals surface area contributed by atoms with Crippen LogP contribution in [0.4, 0.5) is 16.0 Å². The topological polar surface area (TPSA) is 72.3 Å². The molecular formula is C25H28FN5O2. The first-order valence-electron chi connectivity index (χ1n) is 11.2. The molecule has 1 aliphatic heterocycles. The standard InChI is InChI=1S/C25H28FN5O2/c1-5-30(6-2)20-14-10-17(11-15-20)22-21(24(32)33-7-3)16(4)27-25-28-23(29-31(22)25)18-8-12-19(26)13-9-18/h8-15,22H,5-7H2,1-4H3,(H,27,28,29). The average Bonchev–Trinajstić information content (AvgIpc) is 3.23. The highest BCUT2D eigenvalue weighted by Crippen LogP contribution is 2.37. The lowest BCUT2D eigenvalue weighted by molar-refractivity contribution is -0.139. The van der Waals surface area contributed by atoms with Gasteiger partial charge in [-0.15, -0.1) is 5.10 Å². The van der Waals surface area contributed by atoms with Crippen molar-refractivity contribution in [2.24, 2.45) is 0 Å². The molecule has 0 fully saturated rings. The zero-order valence-electron chi connectivity index (χ0n) is 19.3. The number of aromatic nitrogens is 3. The van der Waals surface area contributed by atoms with Crippen molar-refractivity contribution in [1.82, 2.24) is 14.8 Å². The lowest BCUT2D eigenvalue weighted by Gasteiger charge is -2.28. The quantitative estimate of drug-likeness (QED) is 0.524. The van der Waals surface area contributed by atoms with Crippen molar-refractivity contribution in [3.05, 3.63) is 71.2 Å². The Morgan fingerprint density at radius 3 is 2.36 bits per heavy atom. The Balaban J connectivity index is 1.81. The number of allylic oxidation sites excluding steroid dienone is 1. The normalized spacial score (nSPS) is 15.1. The molecule has 0 amide bonds. The second kappa shape index (κ2) is 9.44. The van der Waals surface area contributed by atoms with E-state index in [2.05, 4.69) is 41.2 Å². The lowest BCUT2D eigenvalue weighted by Crippen LogP contribution is -2.29. The first-order chi connectivity index (χ1) is 16.0. The van der Waals surface area contributed by atoms with Gasteiger partial charge < -0.3 is 15.0 Å². The van der Waals surface area contributed by atoms with Gasteiger partial charge in [-0.25, -0.2) is 13.9 Å². The number of rotatable bonds is 7. The molecule has 1 atom stereocenters. The second-order valence-electron chi connectivity index (χ2n) is 7.76. The highest BCUT2D eigenvalue weighted by atomic mass is 19.1. The lowest BCUT2D eigenvalue weighted by atomic mass is 9.95. The molecule has 7 nitrogen and oxygen atoms in total. The summed E-state index contributed by atoms with van der Waals surface area (Å²) in [6, 6.07) is 13.7. The molecule has 1 aromatic heterocycles. The fraction of sp³-hybridized carbons (Fsp3) is 0.320. The minimum Gasteiger partial charge on any atom is -0.463 e. The number of fused-ring (bicyclic) bond motifs is 1. The Hall–Kier alpha value is -3.68. The molecular weight excluding hydrogens is 421 g/mol. The Labute approximate surface area is 192 Å². The predicted octanol–water partition coefficient (Wildman–Crippen LogP) is 4.78. The van der Waals surface area contributed by atoms with Gasteiger partial charge in [-0.1, -0.05) is 12.1 Å². The maximum absolute atomic E-state index is 13.4. The third kappa shape index (κ3) is 4.33. The highest BCUT2D eigenvalue weighted by Gasteiger charge is 2.35. The van der Waals surface area contributed by atoms with Crippen molar-refractivity contribution in [2.75, 3.05) is 29.9 Å². The summed E-state index contributed by atoms with van der Waals surface area (Å²) in [6.45, 7) is 9.94. The van der Waals surface area contributed by atoms with Crippen LogP contribution in [-0.4, -0.2) is 40.4 Å². The molecule has 0 aliphatic carbocycles. The van der Waals surface area contributed by atoms with E-state index in [1.807, 2.05) is 19.1 Å². The van der Waals surface area contributed by atoms with E-state index in [9.17, 15) is 9.18 Å². The predicted molar refractivity (Wildman–Crippen MR) is 127 cm³/mol. The maximum Gasteiger partial charge on any atom is 0.338 e. The van der Waals surface area contributed by atoms with Crippen LogP contribution in [0, 0.1) is 5.82 Å². The van der Waals surface area contributed by atoms with Gasteiger partial charge in [0, 0.05) is 30.0 Å². The van der Waals surface area contributed by atoms with Gasteiger partial charge in [0.05, 0.1) is 12.2 Å². The smallest absolute Gasteiger partial charge is 0.338 e. The number of nitrogens with zero attached hydrogens (tertiary/aromatic N) is 4. The zero-order chi connectivity index (χ0) is 23.5. The molecule has 4 rings (SSSR count). The van der Waals surface area contributed by atoms with Crippen LogP contribution in [0.1, 0.15) is 39.3 Å². The molecule has 1 N–H and O–H groups in total. The minimum atomic E-state index is -0.507. The Morgan fingerprint density at radius 1 is 1.09 bits per heavy atom. The van der Waals surface area contributed by atoms with Gasteiger partial charge >= 0.3 is 5.97 Å². The average molecular weight is 450 g/mol. The van der Waals surface area contributed by atoms with E-state index in [4.69, 9.17) is 9.84 Å². The Kier molecular flexibility index (Phi) is 6.44. The summed E-state index contributed by atoms with van der Waals surface area (Å²) in [7, 11) is 0. The van der Waals surface area contributed by atoms with E-state index in [0.29, 0.717) is 28.6 Å². The van der Waals surface area contributed by atoms with E-state index < -0.39 is 12.0 Å². The summed E-state index contributed by atoms with van der Waals surface area (Å²) in [5, 5.41) is 7.88. The van der Waals surface area contributed by atoms with Gasteiger partial charge in [-0.3, -0.25) is 0 Å². The number of carbonyl (C=O) groups is 1. The van der Waals surface area contributed by atoms with Crippen LogP contribution in [0.2, 0.25) is 0 Å². The number of esters is 1. The minimum absolute atomic E-state index is 0.272. The van der Waals surface area contributed by atoms with Crippen molar-refractivity contribution >= 4 is 17.6 Å². The third-order valence-electron chi connectivity index (χ3n) is 5.79. The number of ether oxygens (including phenoxy) is 1. The van der Waals surface area contributed by atoms with Crippen molar-refractivity contribution in [3.63, 3.8) is 0 Å². The van der Waals surface area contributed by atoms with Crippen LogP contribution in [0.3, 0.4) is 0 Å². The van der Waals surface area contributed by atoms with Crippen molar-refractivity contribution < 1.29 is 13.9 Å². The molecule has 3 aromatic rings.